The van der Waals surface area contributed by atoms with Crippen molar-refractivity contribution in [2.24, 2.45) is 4.99 Å². The van der Waals surface area contributed by atoms with Crippen LogP contribution in [0.5, 0.6) is 0 Å². The quantitative estimate of drug-likeness (QED) is 0.599. The molecule has 1 aliphatic heterocycles. The van der Waals surface area contributed by atoms with E-state index in [1.165, 1.54) is 22.5 Å². The highest BCUT2D eigenvalue weighted by atomic mass is 79.9. The summed E-state index contributed by atoms with van der Waals surface area (Å²) >= 11 is 9.25. The minimum Gasteiger partial charge on any atom is -0.211 e. The van der Waals surface area contributed by atoms with E-state index in [2.05, 4.69) is 20.9 Å². The van der Waals surface area contributed by atoms with Crippen molar-refractivity contribution in [2.75, 3.05) is 6.54 Å². The van der Waals surface area contributed by atoms with Crippen LogP contribution in [0, 0.1) is 0 Å². The normalized spacial score (nSPS) is 20.4. The molecule has 1 aromatic carbocycles. The van der Waals surface area contributed by atoms with Crippen molar-refractivity contribution in [2.45, 2.75) is 30.3 Å². The number of hydrogen-bond donors (Lipinski definition) is 0. The van der Waals surface area contributed by atoms with Gasteiger partial charge in [0.05, 0.1) is 5.02 Å². The number of sulfonamides is 1. The predicted molar refractivity (Wildman–Crippen MR) is 78.8 cm³/mol. The summed E-state index contributed by atoms with van der Waals surface area (Å²) in [6.07, 6.45) is 2.83. The Labute approximate surface area is 130 Å². The van der Waals surface area contributed by atoms with Crippen LogP contribution >= 0.6 is 27.5 Å². The molecule has 0 N–H and O–H groups in total. The lowest BCUT2D eigenvalue weighted by Crippen LogP contribution is -2.42. The number of halogens is 2. The van der Waals surface area contributed by atoms with E-state index in [1.54, 1.807) is 6.07 Å². The highest BCUT2D eigenvalue weighted by Gasteiger charge is 2.34. The number of aliphatic imine (C=N–C) groups is 1. The smallest absolute Gasteiger partial charge is 0.211 e. The lowest BCUT2D eigenvalue weighted by Gasteiger charge is -2.31. The highest BCUT2D eigenvalue weighted by Crippen LogP contribution is 2.31. The molecule has 0 aliphatic carbocycles. The minimum absolute atomic E-state index is 0.0235. The van der Waals surface area contributed by atoms with Crippen LogP contribution in [0.3, 0.4) is 0 Å². The maximum absolute atomic E-state index is 12.6. The Kier molecular flexibility index (Phi) is 4.99. The molecule has 0 saturated carbocycles. The fourth-order valence-electron chi connectivity index (χ4n) is 2.17. The average molecular weight is 380 g/mol. The molecule has 0 aromatic heterocycles. The van der Waals surface area contributed by atoms with Gasteiger partial charge in [0.25, 0.3) is 0 Å². The van der Waals surface area contributed by atoms with E-state index in [1.807, 2.05) is 0 Å². The third-order valence-electron chi connectivity index (χ3n) is 3.11. The number of rotatable bonds is 3. The first-order valence-corrected chi connectivity index (χ1v) is 8.62. The summed E-state index contributed by atoms with van der Waals surface area (Å²) in [7, 11) is -3.77. The summed E-state index contributed by atoms with van der Waals surface area (Å²) in [5, 5.41) is 0.138. The Morgan fingerprint density at radius 3 is 2.80 bits per heavy atom. The lowest BCUT2D eigenvalue weighted by atomic mass is 10.1. The van der Waals surface area contributed by atoms with Crippen LogP contribution < -0.4 is 0 Å². The van der Waals surface area contributed by atoms with Crippen LogP contribution in [0.1, 0.15) is 19.3 Å². The topological polar surface area (TPSA) is 66.8 Å². The van der Waals surface area contributed by atoms with Gasteiger partial charge in [-0.15, -0.1) is 0 Å². The van der Waals surface area contributed by atoms with Crippen molar-refractivity contribution in [3.63, 3.8) is 0 Å². The third kappa shape index (κ3) is 3.13. The van der Waals surface area contributed by atoms with Gasteiger partial charge in [-0.3, -0.25) is 0 Å². The maximum Gasteiger partial charge on any atom is 0.246 e. The van der Waals surface area contributed by atoms with E-state index >= 15 is 0 Å². The van der Waals surface area contributed by atoms with Crippen molar-refractivity contribution in [1.29, 1.82) is 0 Å². The standard InChI is InChI=1S/C12H12BrClN2O3S/c13-9-4-5-11(10(14)7-9)20(18,19)16-6-2-1-3-12(16)15-8-17/h4-5,7,12H,1-3,6H2. The summed E-state index contributed by atoms with van der Waals surface area (Å²) in [6, 6.07) is 4.58. The maximum atomic E-state index is 12.6. The van der Waals surface area contributed by atoms with Gasteiger partial charge in [0.1, 0.15) is 11.1 Å². The molecular weight excluding hydrogens is 368 g/mol. The fraction of sp³-hybridized carbons (Fsp3) is 0.417. The summed E-state index contributed by atoms with van der Waals surface area (Å²) in [6.45, 7) is 0.324. The second-order valence-electron chi connectivity index (χ2n) is 4.39. The zero-order chi connectivity index (χ0) is 14.8. The molecular formula is C12H12BrClN2O3S. The van der Waals surface area contributed by atoms with Gasteiger partial charge in [-0.25, -0.2) is 13.2 Å². The van der Waals surface area contributed by atoms with Gasteiger partial charge in [0.2, 0.25) is 16.1 Å². The van der Waals surface area contributed by atoms with Gasteiger partial charge >= 0.3 is 0 Å². The van der Waals surface area contributed by atoms with Crippen molar-refractivity contribution in [3.05, 3.63) is 27.7 Å². The molecule has 8 heteroatoms. The summed E-state index contributed by atoms with van der Waals surface area (Å²) in [4.78, 5) is 14.1. The second kappa shape index (κ2) is 6.37. The summed E-state index contributed by atoms with van der Waals surface area (Å²) < 4.78 is 27.2. The monoisotopic (exact) mass is 378 g/mol. The zero-order valence-electron chi connectivity index (χ0n) is 10.4. The highest BCUT2D eigenvalue weighted by molar-refractivity contribution is 9.10. The first-order valence-electron chi connectivity index (χ1n) is 6.00. The van der Waals surface area contributed by atoms with Gasteiger partial charge in [0, 0.05) is 11.0 Å². The fourth-order valence-corrected chi connectivity index (χ4v) is 4.77. The molecule has 1 aromatic rings. The number of piperidine rings is 1. The largest absolute Gasteiger partial charge is 0.246 e. The van der Waals surface area contributed by atoms with Crippen LogP contribution in [-0.4, -0.2) is 31.5 Å². The van der Waals surface area contributed by atoms with Crippen LogP contribution in [0.25, 0.3) is 0 Å². The Hall–Kier alpha value is -0.720. The van der Waals surface area contributed by atoms with Gasteiger partial charge < -0.3 is 0 Å². The Morgan fingerprint density at radius 1 is 1.40 bits per heavy atom. The second-order valence-corrected chi connectivity index (χ2v) is 7.57. The molecule has 108 valence electrons. The molecule has 0 amide bonds. The van der Waals surface area contributed by atoms with Crippen molar-refractivity contribution in [3.8, 4) is 0 Å². The van der Waals surface area contributed by atoms with Gasteiger partial charge in [-0.2, -0.15) is 9.30 Å². The van der Waals surface area contributed by atoms with E-state index in [4.69, 9.17) is 11.6 Å². The Morgan fingerprint density at radius 2 is 2.15 bits per heavy atom. The Bertz CT molecular complexity index is 659. The number of carbonyl (C=O) groups excluding carboxylic acids is 1. The SMILES string of the molecule is O=C=NC1CCCCN1S(=O)(=O)c1ccc(Br)cc1Cl. The Balaban J connectivity index is 2.44. The average Bonchev–Trinajstić information content (AvgIpc) is 2.39. The first-order chi connectivity index (χ1) is 9.46. The molecule has 5 nitrogen and oxygen atoms in total. The summed E-state index contributed by atoms with van der Waals surface area (Å²) in [5.41, 5.74) is 0. The van der Waals surface area contributed by atoms with Crippen LogP contribution in [0.4, 0.5) is 0 Å². The number of nitrogens with zero attached hydrogens (tertiary/aromatic N) is 2. The van der Waals surface area contributed by atoms with Crippen LogP contribution in [-0.2, 0) is 14.8 Å². The molecule has 1 unspecified atom stereocenters. The van der Waals surface area contributed by atoms with Crippen LogP contribution in [0.2, 0.25) is 5.02 Å². The number of hydrogen-bond acceptors (Lipinski definition) is 4. The molecule has 20 heavy (non-hydrogen) atoms. The number of benzene rings is 1. The minimum atomic E-state index is -3.77. The molecule has 1 atom stereocenters. The van der Waals surface area contributed by atoms with Crippen molar-refractivity contribution in [1.82, 2.24) is 4.31 Å². The van der Waals surface area contributed by atoms with Gasteiger partial charge in [-0.1, -0.05) is 27.5 Å². The number of isocyanates is 1. The molecule has 1 aliphatic rings. The molecule has 0 bridgehead atoms. The zero-order valence-corrected chi connectivity index (χ0v) is 13.6. The van der Waals surface area contributed by atoms with Gasteiger partial charge in [-0.05, 0) is 37.5 Å². The molecule has 1 saturated heterocycles. The van der Waals surface area contributed by atoms with E-state index in [0.717, 1.165) is 12.8 Å². The molecule has 0 radical (unpaired) electrons. The van der Waals surface area contributed by atoms with E-state index < -0.39 is 16.2 Å². The lowest BCUT2D eigenvalue weighted by molar-refractivity contribution is 0.259. The van der Waals surface area contributed by atoms with E-state index in [-0.39, 0.29) is 9.92 Å². The van der Waals surface area contributed by atoms with Crippen molar-refractivity contribution >= 4 is 43.6 Å². The first kappa shape index (κ1) is 15.7. The van der Waals surface area contributed by atoms with E-state index in [0.29, 0.717) is 17.4 Å². The van der Waals surface area contributed by atoms with Gasteiger partial charge in [0.15, 0.2) is 0 Å². The molecule has 1 fully saturated rings. The molecule has 2 rings (SSSR count). The predicted octanol–water partition coefficient (Wildman–Crippen LogP) is 2.94. The summed E-state index contributed by atoms with van der Waals surface area (Å²) in [5.74, 6) is 0. The molecule has 1 heterocycles. The molecule has 0 spiro atoms. The van der Waals surface area contributed by atoms with Crippen molar-refractivity contribution < 1.29 is 13.2 Å². The van der Waals surface area contributed by atoms with E-state index in [9.17, 15) is 13.2 Å². The van der Waals surface area contributed by atoms with Crippen LogP contribution in [0.15, 0.2) is 32.6 Å². The third-order valence-corrected chi connectivity index (χ3v) is 5.98.